The highest BCUT2D eigenvalue weighted by atomic mass is 16.5. The minimum atomic E-state index is -0.00110. The molecule has 0 aromatic carbocycles. The number of nitrogens with zero attached hydrogens (tertiary/aromatic N) is 2. The molecule has 0 bridgehead atoms. The maximum Gasteiger partial charge on any atom is 0.228 e. The summed E-state index contributed by atoms with van der Waals surface area (Å²) in [6.45, 7) is 3.49. The first kappa shape index (κ1) is 13.8. The minimum absolute atomic E-state index is 0.00110. The Bertz CT molecular complexity index is 462. The van der Waals surface area contributed by atoms with E-state index in [2.05, 4.69) is 4.98 Å². The molecule has 1 amide bonds. The highest BCUT2D eigenvalue weighted by molar-refractivity contribution is 5.94. The average molecular weight is 264 g/mol. The number of carbonyl (C=O) groups excluding carboxylic acids is 1. The van der Waals surface area contributed by atoms with Gasteiger partial charge in [0.2, 0.25) is 5.91 Å². The summed E-state index contributed by atoms with van der Waals surface area (Å²) in [7, 11) is 0. The van der Waals surface area contributed by atoms with Crippen molar-refractivity contribution in [2.45, 2.75) is 32.4 Å². The Hall–Kier alpha value is -1.66. The predicted octanol–water partition coefficient (Wildman–Crippen LogP) is 0.654. The Kier molecular flexibility index (Phi) is 4.34. The first-order chi connectivity index (χ1) is 9.06. The fourth-order valence-corrected chi connectivity index (χ4v) is 2.07. The van der Waals surface area contributed by atoms with Crippen molar-refractivity contribution in [3.05, 3.63) is 17.7 Å². The van der Waals surface area contributed by atoms with Crippen LogP contribution in [0.25, 0.3) is 0 Å². The third-order valence-corrected chi connectivity index (χ3v) is 2.89. The molecule has 1 saturated heterocycles. The summed E-state index contributed by atoms with van der Waals surface area (Å²) in [4.78, 5) is 17.6. The molecule has 0 saturated carbocycles. The van der Waals surface area contributed by atoms with Gasteiger partial charge in [0, 0.05) is 19.0 Å². The number of nitrogens with two attached hydrogens (primary N) is 2. The Labute approximate surface area is 112 Å². The molecule has 1 aromatic heterocycles. The molecule has 1 aliphatic rings. The lowest BCUT2D eigenvalue weighted by atomic mass is 10.2. The zero-order valence-electron chi connectivity index (χ0n) is 11.1. The van der Waals surface area contributed by atoms with Crippen LogP contribution in [-0.2, 0) is 16.1 Å². The van der Waals surface area contributed by atoms with E-state index in [1.807, 2.05) is 13.0 Å². The van der Waals surface area contributed by atoms with Crippen LogP contribution < -0.4 is 16.4 Å². The lowest BCUT2D eigenvalue weighted by molar-refractivity contribution is -0.117. The van der Waals surface area contributed by atoms with Crippen molar-refractivity contribution >= 4 is 17.5 Å². The Morgan fingerprint density at radius 1 is 1.53 bits per heavy atom. The van der Waals surface area contributed by atoms with Gasteiger partial charge in [-0.15, -0.1) is 0 Å². The zero-order chi connectivity index (χ0) is 13.8. The van der Waals surface area contributed by atoms with Crippen molar-refractivity contribution in [3.63, 3.8) is 0 Å². The summed E-state index contributed by atoms with van der Waals surface area (Å²) in [6.07, 6.45) is 1.44. The smallest absolute Gasteiger partial charge is 0.228 e. The SMILES string of the molecule is CC(N)COCc1cc(N)nc(N2CCCC2=O)c1. The van der Waals surface area contributed by atoms with E-state index >= 15 is 0 Å². The second-order valence-electron chi connectivity index (χ2n) is 4.90. The molecule has 0 spiro atoms. The average Bonchev–Trinajstić information content (AvgIpc) is 2.74. The van der Waals surface area contributed by atoms with Crippen molar-refractivity contribution in [1.82, 2.24) is 4.98 Å². The summed E-state index contributed by atoms with van der Waals surface area (Å²) in [5.74, 6) is 1.11. The highest BCUT2D eigenvalue weighted by Crippen LogP contribution is 2.22. The lowest BCUT2D eigenvalue weighted by Crippen LogP contribution is -2.25. The largest absolute Gasteiger partial charge is 0.384 e. The summed E-state index contributed by atoms with van der Waals surface area (Å²) in [5.41, 5.74) is 12.3. The van der Waals surface area contributed by atoms with Crippen LogP contribution in [-0.4, -0.2) is 30.1 Å². The van der Waals surface area contributed by atoms with Crippen LogP contribution in [0.5, 0.6) is 0 Å². The number of carbonyl (C=O) groups is 1. The number of pyridine rings is 1. The van der Waals surface area contributed by atoms with Crippen LogP contribution in [0.4, 0.5) is 11.6 Å². The summed E-state index contributed by atoms with van der Waals surface area (Å²) in [6, 6.07) is 3.60. The number of rotatable bonds is 5. The van der Waals surface area contributed by atoms with Crippen LogP contribution >= 0.6 is 0 Å². The normalized spacial score (nSPS) is 16.9. The van der Waals surface area contributed by atoms with Gasteiger partial charge in [0.1, 0.15) is 11.6 Å². The van der Waals surface area contributed by atoms with Crippen LogP contribution in [0.15, 0.2) is 12.1 Å². The number of amides is 1. The number of hydrogen-bond donors (Lipinski definition) is 2. The molecule has 1 unspecified atom stereocenters. The molecular weight excluding hydrogens is 244 g/mol. The van der Waals surface area contributed by atoms with Gasteiger partial charge >= 0.3 is 0 Å². The van der Waals surface area contributed by atoms with Crippen molar-refractivity contribution in [2.24, 2.45) is 5.73 Å². The Morgan fingerprint density at radius 2 is 2.32 bits per heavy atom. The molecule has 2 heterocycles. The number of nitrogen functional groups attached to an aromatic ring is 1. The monoisotopic (exact) mass is 264 g/mol. The lowest BCUT2D eigenvalue weighted by Gasteiger charge is -2.16. The van der Waals surface area contributed by atoms with Crippen molar-refractivity contribution in [1.29, 1.82) is 0 Å². The number of hydrogen-bond acceptors (Lipinski definition) is 5. The van der Waals surface area contributed by atoms with E-state index in [4.69, 9.17) is 16.2 Å². The van der Waals surface area contributed by atoms with Crippen molar-refractivity contribution in [2.75, 3.05) is 23.8 Å². The van der Waals surface area contributed by atoms with Gasteiger partial charge < -0.3 is 16.2 Å². The Morgan fingerprint density at radius 3 is 2.95 bits per heavy atom. The van der Waals surface area contributed by atoms with Crippen molar-refractivity contribution in [3.8, 4) is 0 Å². The van der Waals surface area contributed by atoms with E-state index in [9.17, 15) is 4.79 Å². The van der Waals surface area contributed by atoms with Gasteiger partial charge in [0.25, 0.3) is 0 Å². The van der Waals surface area contributed by atoms with E-state index in [0.717, 1.165) is 12.0 Å². The van der Waals surface area contributed by atoms with Crippen LogP contribution in [0, 0.1) is 0 Å². The van der Waals surface area contributed by atoms with E-state index in [-0.39, 0.29) is 11.9 Å². The third-order valence-electron chi connectivity index (χ3n) is 2.89. The molecule has 1 fully saturated rings. The number of ether oxygens (including phenoxy) is 1. The quantitative estimate of drug-likeness (QED) is 0.814. The van der Waals surface area contributed by atoms with E-state index in [0.29, 0.717) is 37.8 Å². The Balaban J connectivity index is 2.08. The molecule has 1 aromatic rings. The predicted molar refractivity (Wildman–Crippen MR) is 73.5 cm³/mol. The fourth-order valence-electron chi connectivity index (χ4n) is 2.07. The van der Waals surface area contributed by atoms with Crippen LogP contribution in [0.2, 0.25) is 0 Å². The molecule has 104 valence electrons. The third kappa shape index (κ3) is 3.65. The summed E-state index contributed by atoms with van der Waals surface area (Å²) >= 11 is 0. The van der Waals surface area contributed by atoms with E-state index < -0.39 is 0 Å². The second-order valence-corrected chi connectivity index (χ2v) is 4.90. The zero-order valence-corrected chi connectivity index (χ0v) is 11.1. The number of anilines is 2. The molecule has 6 heteroatoms. The first-order valence-electron chi connectivity index (χ1n) is 6.46. The summed E-state index contributed by atoms with van der Waals surface area (Å²) < 4.78 is 5.47. The van der Waals surface area contributed by atoms with Gasteiger partial charge in [-0.3, -0.25) is 9.69 Å². The molecule has 1 aliphatic heterocycles. The van der Waals surface area contributed by atoms with E-state index in [1.54, 1.807) is 11.0 Å². The number of aromatic nitrogens is 1. The highest BCUT2D eigenvalue weighted by Gasteiger charge is 2.23. The maximum atomic E-state index is 11.7. The molecule has 2 rings (SSSR count). The van der Waals surface area contributed by atoms with Gasteiger partial charge in [-0.25, -0.2) is 4.98 Å². The standard InChI is InChI=1S/C13H20N4O2/c1-9(14)7-19-8-10-5-11(15)16-12(6-10)17-4-2-3-13(17)18/h5-6,9H,2-4,7-8,14H2,1H3,(H2,15,16). The molecule has 0 radical (unpaired) electrons. The fraction of sp³-hybridized carbons (Fsp3) is 0.538. The second kappa shape index (κ2) is 5.99. The van der Waals surface area contributed by atoms with Gasteiger partial charge in [-0.05, 0) is 31.0 Å². The first-order valence-corrected chi connectivity index (χ1v) is 6.46. The molecule has 1 atom stereocenters. The maximum absolute atomic E-state index is 11.7. The van der Waals surface area contributed by atoms with Gasteiger partial charge in [0.05, 0.1) is 13.2 Å². The van der Waals surface area contributed by atoms with Crippen LogP contribution in [0.3, 0.4) is 0 Å². The van der Waals surface area contributed by atoms with Crippen LogP contribution in [0.1, 0.15) is 25.3 Å². The van der Waals surface area contributed by atoms with Crippen molar-refractivity contribution < 1.29 is 9.53 Å². The summed E-state index contributed by atoms with van der Waals surface area (Å²) in [5, 5.41) is 0. The van der Waals surface area contributed by atoms with Gasteiger partial charge in [0.15, 0.2) is 0 Å². The van der Waals surface area contributed by atoms with E-state index in [1.165, 1.54) is 0 Å². The molecular formula is C13H20N4O2. The topological polar surface area (TPSA) is 94.5 Å². The van der Waals surface area contributed by atoms with Gasteiger partial charge in [-0.2, -0.15) is 0 Å². The molecule has 19 heavy (non-hydrogen) atoms. The van der Waals surface area contributed by atoms with Gasteiger partial charge in [-0.1, -0.05) is 0 Å². The molecule has 6 nitrogen and oxygen atoms in total. The molecule has 4 N–H and O–H groups in total. The molecule has 0 aliphatic carbocycles. The minimum Gasteiger partial charge on any atom is -0.384 e.